The Labute approximate surface area is 110 Å². The number of carbonyl (C=O) groups excluding carboxylic acids is 1. The standard InChI is InChI=1S/C13H14ClN3O/c14-10-2-1-3-11-9(10)6-12(17-11)13(18)16-8-4-5-15-7-8/h1-3,6,8,15,17H,4-5,7H2,(H,16,18)/t8-/m0/s1. The normalized spacial score (nSPS) is 19.3. The van der Waals surface area contributed by atoms with Gasteiger partial charge < -0.3 is 15.6 Å². The molecule has 0 spiro atoms. The second-order valence-electron chi connectivity index (χ2n) is 4.55. The zero-order valence-corrected chi connectivity index (χ0v) is 10.6. The van der Waals surface area contributed by atoms with Crippen molar-refractivity contribution in [2.24, 2.45) is 0 Å². The van der Waals surface area contributed by atoms with E-state index in [4.69, 9.17) is 11.6 Å². The number of nitrogens with one attached hydrogen (secondary N) is 3. The number of carbonyl (C=O) groups is 1. The average Bonchev–Trinajstić information content (AvgIpc) is 2.97. The van der Waals surface area contributed by atoms with Crippen LogP contribution in [0.15, 0.2) is 24.3 Å². The predicted molar refractivity (Wildman–Crippen MR) is 72.0 cm³/mol. The molecular formula is C13H14ClN3O. The number of benzene rings is 1. The second-order valence-corrected chi connectivity index (χ2v) is 4.95. The van der Waals surface area contributed by atoms with Gasteiger partial charge in [0.05, 0.1) is 0 Å². The van der Waals surface area contributed by atoms with E-state index in [1.54, 1.807) is 6.07 Å². The minimum absolute atomic E-state index is 0.0732. The summed E-state index contributed by atoms with van der Waals surface area (Å²) in [6, 6.07) is 7.62. The maximum atomic E-state index is 12.1. The van der Waals surface area contributed by atoms with Gasteiger partial charge in [-0.25, -0.2) is 0 Å². The lowest BCUT2D eigenvalue weighted by atomic mass is 10.2. The van der Waals surface area contributed by atoms with Gasteiger partial charge in [-0.05, 0) is 31.2 Å². The first-order valence-electron chi connectivity index (χ1n) is 6.03. The zero-order chi connectivity index (χ0) is 12.5. The van der Waals surface area contributed by atoms with Gasteiger partial charge in [-0.2, -0.15) is 0 Å². The minimum atomic E-state index is -0.0732. The van der Waals surface area contributed by atoms with Crippen molar-refractivity contribution in [3.05, 3.63) is 35.0 Å². The third-order valence-electron chi connectivity index (χ3n) is 3.25. The van der Waals surface area contributed by atoms with Crippen LogP contribution in [0.1, 0.15) is 16.9 Å². The van der Waals surface area contributed by atoms with Crippen LogP contribution in [-0.2, 0) is 0 Å². The molecule has 1 aliphatic rings. The van der Waals surface area contributed by atoms with Gasteiger partial charge in [0, 0.05) is 28.5 Å². The minimum Gasteiger partial charge on any atom is -0.350 e. The Morgan fingerprint density at radius 3 is 3.06 bits per heavy atom. The molecule has 0 saturated carbocycles. The van der Waals surface area contributed by atoms with Gasteiger partial charge in [-0.1, -0.05) is 17.7 Å². The smallest absolute Gasteiger partial charge is 0.267 e. The van der Waals surface area contributed by atoms with Crippen LogP contribution in [0, 0.1) is 0 Å². The summed E-state index contributed by atoms with van der Waals surface area (Å²) in [6.07, 6.45) is 0.979. The SMILES string of the molecule is O=C(N[C@H]1CCNC1)c1cc2c(Cl)cccc2[nH]1. The van der Waals surface area contributed by atoms with E-state index in [0.29, 0.717) is 10.7 Å². The van der Waals surface area contributed by atoms with Crippen molar-refractivity contribution in [1.82, 2.24) is 15.6 Å². The molecule has 2 aromatic rings. The number of rotatable bonds is 2. The highest BCUT2D eigenvalue weighted by Gasteiger charge is 2.18. The molecule has 4 nitrogen and oxygen atoms in total. The van der Waals surface area contributed by atoms with Crippen molar-refractivity contribution in [3.63, 3.8) is 0 Å². The molecule has 1 atom stereocenters. The Kier molecular flexibility index (Phi) is 2.97. The molecular weight excluding hydrogens is 250 g/mol. The molecule has 1 fully saturated rings. The van der Waals surface area contributed by atoms with Crippen LogP contribution in [0.4, 0.5) is 0 Å². The Morgan fingerprint density at radius 1 is 1.44 bits per heavy atom. The third-order valence-corrected chi connectivity index (χ3v) is 3.58. The number of H-pyrrole nitrogens is 1. The number of fused-ring (bicyclic) bond motifs is 1. The second kappa shape index (κ2) is 4.63. The van der Waals surface area contributed by atoms with Crippen molar-refractivity contribution in [2.75, 3.05) is 13.1 Å². The van der Waals surface area contributed by atoms with Gasteiger partial charge in [-0.15, -0.1) is 0 Å². The number of amides is 1. The van der Waals surface area contributed by atoms with Gasteiger partial charge in [0.25, 0.3) is 5.91 Å². The van der Waals surface area contributed by atoms with Crippen molar-refractivity contribution in [1.29, 1.82) is 0 Å². The quantitative estimate of drug-likeness (QED) is 0.775. The lowest BCUT2D eigenvalue weighted by molar-refractivity contribution is 0.0936. The third kappa shape index (κ3) is 2.09. The number of aromatic nitrogens is 1. The summed E-state index contributed by atoms with van der Waals surface area (Å²) in [5.41, 5.74) is 1.45. The fourth-order valence-corrected chi connectivity index (χ4v) is 2.51. The zero-order valence-electron chi connectivity index (χ0n) is 9.79. The van der Waals surface area contributed by atoms with Crippen molar-refractivity contribution >= 4 is 28.4 Å². The van der Waals surface area contributed by atoms with Crippen LogP contribution >= 0.6 is 11.6 Å². The summed E-state index contributed by atoms with van der Waals surface area (Å²) in [6.45, 7) is 1.80. The fourth-order valence-electron chi connectivity index (χ4n) is 2.28. The Bertz CT molecular complexity index is 587. The number of aromatic amines is 1. The number of halogens is 1. The van der Waals surface area contributed by atoms with Crippen LogP contribution in [0.5, 0.6) is 0 Å². The van der Waals surface area contributed by atoms with Gasteiger partial charge in [0.1, 0.15) is 5.69 Å². The molecule has 1 amide bonds. The molecule has 5 heteroatoms. The molecule has 2 heterocycles. The molecule has 0 radical (unpaired) electrons. The van der Waals surface area contributed by atoms with Crippen molar-refractivity contribution < 1.29 is 4.79 Å². The van der Waals surface area contributed by atoms with E-state index >= 15 is 0 Å². The Balaban J connectivity index is 1.85. The van der Waals surface area contributed by atoms with Crippen molar-refractivity contribution in [2.45, 2.75) is 12.5 Å². The molecule has 3 N–H and O–H groups in total. The van der Waals surface area contributed by atoms with E-state index in [1.165, 1.54) is 0 Å². The lowest BCUT2D eigenvalue weighted by Gasteiger charge is -2.09. The van der Waals surface area contributed by atoms with E-state index in [2.05, 4.69) is 15.6 Å². The van der Waals surface area contributed by atoms with Crippen LogP contribution in [0.2, 0.25) is 5.02 Å². The molecule has 94 valence electrons. The molecule has 18 heavy (non-hydrogen) atoms. The molecule has 1 aromatic carbocycles. The molecule has 0 aliphatic carbocycles. The first-order chi connectivity index (χ1) is 8.74. The van der Waals surface area contributed by atoms with E-state index in [9.17, 15) is 4.79 Å². The molecule has 1 saturated heterocycles. The lowest BCUT2D eigenvalue weighted by Crippen LogP contribution is -2.36. The molecule has 0 bridgehead atoms. The number of hydrogen-bond acceptors (Lipinski definition) is 2. The highest BCUT2D eigenvalue weighted by atomic mass is 35.5. The molecule has 1 aliphatic heterocycles. The van der Waals surface area contributed by atoms with Gasteiger partial charge >= 0.3 is 0 Å². The van der Waals surface area contributed by atoms with E-state index in [0.717, 1.165) is 30.4 Å². The monoisotopic (exact) mass is 263 g/mol. The number of hydrogen-bond donors (Lipinski definition) is 3. The summed E-state index contributed by atoms with van der Waals surface area (Å²) >= 11 is 6.08. The topological polar surface area (TPSA) is 56.9 Å². The largest absolute Gasteiger partial charge is 0.350 e. The summed E-state index contributed by atoms with van der Waals surface area (Å²) in [5.74, 6) is -0.0732. The van der Waals surface area contributed by atoms with Gasteiger partial charge in [-0.3, -0.25) is 4.79 Å². The highest BCUT2D eigenvalue weighted by molar-refractivity contribution is 6.35. The molecule has 0 unspecified atom stereocenters. The maximum Gasteiger partial charge on any atom is 0.267 e. The van der Waals surface area contributed by atoms with E-state index in [1.807, 2.05) is 18.2 Å². The fraction of sp³-hybridized carbons (Fsp3) is 0.308. The van der Waals surface area contributed by atoms with Crippen molar-refractivity contribution in [3.8, 4) is 0 Å². The summed E-state index contributed by atoms with van der Waals surface area (Å²) < 4.78 is 0. The van der Waals surface area contributed by atoms with Crippen LogP contribution < -0.4 is 10.6 Å². The highest BCUT2D eigenvalue weighted by Crippen LogP contribution is 2.23. The van der Waals surface area contributed by atoms with Crippen LogP contribution in [-0.4, -0.2) is 30.0 Å². The first kappa shape index (κ1) is 11.6. The van der Waals surface area contributed by atoms with E-state index < -0.39 is 0 Å². The van der Waals surface area contributed by atoms with Gasteiger partial charge in [0.2, 0.25) is 0 Å². The predicted octanol–water partition coefficient (Wildman–Crippen LogP) is 1.91. The molecule has 3 rings (SSSR count). The van der Waals surface area contributed by atoms with Crippen LogP contribution in [0.3, 0.4) is 0 Å². The summed E-state index contributed by atoms with van der Waals surface area (Å²) in [4.78, 5) is 15.2. The summed E-state index contributed by atoms with van der Waals surface area (Å²) in [5, 5.41) is 7.76. The molecule has 1 aromatic heterocycles. The van der Waals surface area contributed by atoms with Crippen LogP contribution in [0.25, 0.3) is 10.9 Å². The Morgan fingerprint density at radius 2 is 2.33 bits per heavy atom. The van der Waals surface area contributed by atoms with Gasteiger partial charge in [0.15, 0.2) is 0 Å². The average molecular weight is 264 g/mol. The Hall–Kier alpha value is -1.52. The summed E-state index contributed by atoms with van der Waals surface area (Å²) in [7, 11) is 0. The first-order valence-corrected chi connectivity index (χ1v) is 6.40. The van der Waals surface area contributed by atoms with E-state index in [-0.39, 0.29) is 11.9 Å². The maximum absolute atomic E-state index is 12.1.